The van der Waals surface area contributed by atoms with E-state index in [0.717, 1.165) is 30.0 Å². The number of nitrogens with one attached hydrogen (secondary N) is 1. The van der Waals surface area contributed by atoms with Crippen molar-refractivity contribution in [3.05, 3.63) is 29.6 Å². The maximum Gasteiger partial charge on any atom is 0.0372 e. The molecule has 2 fully saturated rings. The quantitative estimate of drug-likeness (QED) is 0.867. The van der Waals surface area contributed by atoms with Gasteiger partial charge < -0.3 is 5.32 Å². The third kappa shape index (κ3) is 2.84. The molecule has 19 heavy (non-hydrogen) atoms. The first-order chi connectivity index (χ1) is 9.26. The van der Waals surface area contributed by atoms with Crippen LogP contribution in [0.2, 0.25) is 0 Å². The zero-order valence-corrected chi connectivity index (χ0v) is 12.2. The Balaban J connectivity index is 1.68. The molecule has 1 heterocycles. The van der Waals surface area contributed by atoms with Crippen molar-refractivity contribution in [3.63, 3.8) is 0 Å². The first-order valence-electron chi connectivity index (χ1n) is 7.92. The summed E-state index contributed by atoms with van der Waals surface area (Å²) >= 11 is 0. The summed E-state index contributed by atoms with van der Waals surface area (Å²) in [7, 11) is 0. The maximum atomic E-state index is 4.46. The van der Waals surface area contributed by atoms with Gasteiger partial charge in [-0.2, -0.15) is 0 Å². The Hall–Kier alpha value is -0.890. The van der Waals surface area contributed by atoms with E-state index in [1.54, 1.807) is 0 Å². The Morgan fingerprint density at radius 2 is 2.21 bits per heavy atom. The molecule has 3 rings (SSSR count). The lowest BCUT2D eigenvalue weighted by Crippen LogP contribution is -2.25. The van der Waals surface area contributed by atoms with Gasteiger partial charge >= 0.3 is 0 Å². The smallest absolute Gasteiger partial charge is 0.0372 e. The number of hydrogen-bond donors (Lipinski definition) is 1. The number of aryl methyl sites for hydroxylation is 1. The van der Waals surface area contributed by atoms with E-state index in [9.17, 15) is 0 Å². The van der Waals surface area contributed by atoms with Crippen molar-refractivity contribution in [2.45, 2.75) is 52.0 Å². The van der Waals surface area contributed by atoms with Gasteiger partial charge in [0.25, 0.3) is 0 Å². The number of aromatic nitrogens is 1. The normalized spacial score (nSPS) is 30.7. The van der Waals surface area contributed by atoms with E-state index in [1.165, 1.54) is 37.7 Å². The fourth-order valence-corrected chi connectivity index (χ4v) is 4.24. The highest BCUT2D eigenvalue weighted by Gasteiger charge is 2.40. The molecule has 2 saturated carbocycles. The summed E-state index contributed by atoms with van der Waals surface area (Å²) in [5.74, 6) is 3.02. The Bertz CT molecular complexity index is 412. The van der Waals surface area contributed by atoms with Crippen LogP contribution in [0.5, 0.6) is 0 Å². The van der Waals surface area contributed by atoms with Crippen molar-refractivity contribution in [2.75, 3.05) is 6.54 Å². The van der Waals surface area contributed by atoms with Gasteiger partial charge in [0.1, 0.15) is 0 Å². The average Bonchev–Trinajstić information content (AvgIpc) is 3.01. The van der Waals surface area contributed by atoms with Crippen molar-refractivity contribution in [3.8, 4) is 0 Å². The second-order valence-electron chi connectivity index (χ2n) is 6.51. The van der Waals surface area contributed by atoms with Gasteiger partial charge in [0.15, 0.2) is 0 Å². The molecule has 0 radical (unpaired) electrons. The van der Waals surface area contributed by atoms with Crippen molar-refractivity contribution < 1.29 is 0 Å². The van der Waals surface area contributed by atoms with Gasteiger partial charge in [-0.25, -0.2) is 0 Å². The lowest BCUT2D eigenvalue weighted by atomic mass is 9.83. The summed E-state index contributed by atoms with van der Waals surface area (Å²) in [6.45, 7) is 5.30. The van der Waals surface area contributed by atoms with Crippen LogP contribution in [0.1, 0.15) is 56.3 Å². The number of pyridine rings is 1. The van der Waals surface area contributed by atoms with Crippen LogP contribution >= 0.6 is 0 Å². The number of rotatable bonds is 5. The standard InChI is InChI=1S/C17H26N2/c1-3-18-17(15-6-4-12(2)19-11-15)10-16-9-13-5-7-14(16)8-13/h4,6,11,13-14,16-18H,3,5,7-10H2,1-2H3. The maximum absolute atomic E-state index is 4.46. The molecule has 2 aliphatic rings. The largest absolute Gasteiger partial charge is 0.310 e. The molecule has 2 aliphatic carbocycles. The summed E-state index contributed by atoms with van der Waals surface area (Å²) in [6.07, 6.45) is 9.34. The molecule has 2 bridgehead atoms. The number of hydrogen-bond acceptors (Lipinski definition) is 2. The summed E-state index contributed by atoms with van der Waals surface area (Å²) in [6, 6.07) is 4.89. The molecule has 104 valence electrons. The molecule has 0 saturated heterocycles. The monoisotopic (exact) mass is 258 g/mol. The van der Waals surface area contributed by atoms with Crippen molar-refractivity contribution >= 4 is 0 Å². The van der Waals surface area contributed by atoms with Gasteiger partial charge in [0, 0.05) is 17.9 Å². The van der Waals surface area contributed by atoms with E-state index in [4.69, 9.17) is 0 Å². The van der Waals surface area contributed by atoms with Crippen LogP contribution in [0.4, 0.5) is 0 Å². The minimum atomic E-state index is 0.502. The third-order valence-corrected chi connectivity index (χ3v) is 5.21. The molecule has 0 amide bonds. The Morgan fingerprint density at radius 3 is 2.79 bits per heavy atom. The molecule has 0 spiro atoms. The van der Waals surface area contributed by atoms with E-state index < -0.39 is 0 Å². The van der Waals surface area contributed by atoms with Gasteiger partial charge in [0.2, 0.25) is 0 Å². The lowest BCUT2D eigenvalue weighted by Gasteiger charge is -2.27. The highest BCUT2D eigenvalue weighted by Crippen LogP contribution is 2.50. The minimum Gasteiger partial charge on any atom is -0.310 e. The molecule has 0 aromatic carbocycles. The van der Waals surface area contributed by atoms with Crippen molar-refractivity contribution in [1.82, 2.24) is 10.3 Å². The predicted molar refractivity (Wildman–Crippen MR) is 78.9 cm³/mol. The van der Waals surface area contributed by atoms with Crippen molar-refractivity contribution in [2.24, 2.45) is 17.8 Å². The van der Waals surface area contributed by atoms with Crippen LogP contribution in [0.25, 0.3) is 0 Å². The Labute approximate surface area is 117 Å². The topological polar surface area (TPSA) is 24.9 Å². The highest BCUT2D eigenvalue weighted by molar-refractivity contribution is 5.17. The van der Waals surface area contributed by atoms with E-state index in [0.29, 0.717) is 6.04 Å². The van der Waals surface area contributed by atoms with Crippen LogP contribution in [0, 0.1) is 24.7 Å². The third-order valence-electron chi connectivity index (χ3n) is 5.21. The summed E-state index contributed by atoms with van der Waals surface area (Å²) in [5, 5.41) is 3.66. The number of fused-ring (bicyclic) bond motifs is 2. The van der Waals surface area contributed by atoms with E-state index in [-0.39, 0.29) is 0 Å². The second-order valence-corrected chi connectivity index (χ2v) is 6.51. The highest BCUT2D eigenvalue weighted by atomic mass is 14.9. The summed E-state index contributed by atoms with van der Waals surface area (Å²) in [4.78, 5) is 4.46. The summed E-state index contributed by atoms with van der Waals surface area (Å²) in [5.41, 5.74) is 2.48. The zero-order valence-electron chi connectivity index (χ0n) is 12.2. The van der Waals surface area contributed by atoms with Gasteiger partial charge in [0.05, 0.1) is 0 Å². The van der Waals surface area contributed by atoms with E-state index in [1.807, 2.05) is 0 Å². The van der Waals surface area contributed by atoms with Crippen molar-refractivity contribution in [1.29, 1.82) is 0 Å². The van der Waals surface area contributed by atoms with Crippen LogP contribution in [0.15, 0.2) is 18.3 Å². The molecule has 2 nitrogen and oxygen atoms in total. The predicted octanol–water partition coefficient (Wildman–Crippen LogP) is 3.87. The van der Waals surface area contributed by atoms with Gasteiger partial charge in [-0.3, -0.25) is 4.98 Å². The number of nitrogens with zero attached hydrogens (tertiary/aromatic N) is 1. The van der Waals surface area contributed by atoms with Crippen LogP contribution in [-0.2, 0) is 0 Å². The molecule has 1 aromatic heterocycles. The molecule has 4 unspecified atom stereocenters. The average molecular weight is 258 g/mol. The molecular weight excluding hydrogens is 232 g/mol. The Morgan fingerprint density at radius 1 is 1.32 bits per heavy atom. The van der Waals surface area contributed by atoms with Crippen LogP contribution in [-0.4, -0.2) is 11.5 Å². The minimum absolute atomic E-state index is 0.502. The fraction of sp³-hybridized carbons (Fsp3) is 0.706. The molecule has 1 N–H and O–H groups in total. The first-order valence-corrected chi connectivity index (χ1v) is 7.92. The molecule has 2 heteroatoms. The van der Waals surface area contributed by atoms with Gasteiger partial charge in [-0.15, -0.1) is 0 Å². The van der Waals surface area contributed by atoms with E-state index >= 15 is 0 Å². The lowest BCUT2D eigenvalue weighted by molar-refractivity contribution is 0.280. The van der Waals surface area contributed by atoms with Gasteiger partial charge in [-0.05, 0) is 68.5 Å². The SMILES string of the molecule is CCNC(CC1CC2CCC1C2)c1ccc(C)nc1. The second kappa shape index (κ2) is 5.62. The Kier molecular flexibility index (Phi) is 3.88. The molecular formula is C17H26N2. The first kappa shape index (κ1) is 13.1. The van der Waals surface area contributed by atoms with Crippen LogP contribution < -0.4 is 5.32 Å². The fourth-order valence-electron chi connectivity index (χ4n) is 4.24. The summed E-state index contributed by atoms with van der Waals surface area (Å²) < 4.78 is 0. The molecule has 4 atom stereocenters. The zero-order chi connectivity index (χ0) is 13.2. The van der Waals surface area contributed by atoms with Crippen LogP contribution in [0.3, 0.4) is 0 Å². The molecule has 1 aromatic rings. The van der Waals surface area contributed by atoms with Gasteiger partial charge in [-0.1, -0.05) is 19.4 Å². The molecule has 0 aliphatic heterocycles. The van der Waals surface area contributed by atoms with E-state index in [2.05, 4.69) is 42.5 Å².